The molecule has 0 radical (unpaired) electrons. The normalized spacial score (nSPS) is 12.9. The van der Waals surface area contributed by atoms with E-state index in [4.69, 9.17) is 5.11 Å². The molecule has 0 fully saturated rings. The lowest BCUT2D eigenvalue weighted by atomic mass is 10.0. The van der Waals surface area contributed by atoms with E-state index in [0.29, 0.717) is 25.2 Å². The summed E-state index contributed by atoms with van der Waals surface area (Å²) in [5.41, 5.74) is -0.751. The van der Waals surface area contributed by atoms with E-state index < -0.39 is 41.3 Å². The summed E-state index contributed by atoms with van der Waals surface area (Å²) < 4.78 is 63.0. The second-order valence-corrected chi connectivity index (χ2v) is 3.82. The van der Waals surface area contributed by atoms with Crippen molar-refractivity contribution >= 4 is 11.9 Å². The van der Waals surface area contributed by atoms with Crippen molar-refractivity contribution in [1.82, 2.24) is 4.90 Å². The number of hydrogen-bond acceptors (Lipinski definition) is 2. The van der Waals surface area contributed by atoms with E-state index in [9.17, 15) is 31.5 Å². The highest BCUT2D eigenvalue weighted by Crippen LogP contribution is 2.27. The molecular weight excluding hydrogens is 289 g/mol. The van der Waals surface area contributed by atoms with E-state index in [0.717, 1.165) is 0 Å². The molecule has 0 saturated heterocycles. The van der Waals surface area contributed by atoms with Gasteiger partial charge < -0.3 is 10.0 Å². The molecule has 4 nitrogen and oxygen atoms in total. The predicted octanol–water partition coefficient (Wildman–Crippen LogP) is 2.11. The van der Waals surface area contributed by atoms with E-state index in [1.54, 1.807) is 0 Å². The molecule has 1 amide bonds. The molecule has 1 aromatic carbocycles. The number of rotatable bonds is 3. The predicted molar refractivity (Wildman–Crippen MR) is 55.6 cm³/mol. The van der Waals surface area contributed by atoms with Gasteiger partial charge >= 0.3 is 18.1 Å². The minimum absolute atomic E-state index is 0.168. The van der Waals surface area contributed by atoms with Crippen molar-refractivity contribution in [3.8, 4) is 0 Å². The number of hydrogen-bond donors (Lipinski definition) is 1. The average molecular weight is 297 g/mol. The molecule has 0 aromatic heterocycles. The lowest BCUT2D eigenvalue weighted by molar-refractivity contribution is -0.188. The van der Waals surface area contributed by atoms with Gasteiger partial charge in [0.2, 0.25) is 0 Å². The van der Waals surface area contributed by atoms with Crippen LogP contribution in [0.5, 0.6) is 0 Å². The number of carboxylic acid groups (broad SMARTS) is 1. The maximum absolute atomic E-state index is 13.5. The second kappa shape index (κ2) is 5.43. The Morgan fingerprint density at radius 2 is 1.80 bits per heavy atom. The first kappa shape index (κ1) is 15.9. The minimum Gasteiger partial charge on any atom is -0.479 e. The number of carbonyl (C=O) groups is 2. The van der Waals surface area contributed by atoms with Crippen LogP contribution in [0.3, 0.4) is 0 Å². The zero-order valence-electron chi connectivity index (χ0n) is 9.91. The SMILES string of the molecule is CN(C(=O)C(F)(F)F)C(C(=O)O)c1ccc(F)cc1F. The van der Waals surface area contributed by atoms with Crippen molar-refractivity contribution in [2.45, 2.75) is 12.2 Å². The minimum atomic E-state index is -5.31. The van der Waals surface area contributed by atoms with Crippen LogP contribution in [0.25, 0.3) is 0 Å². The fraction of sp³-hybridized carbons (Fsp3) is 0.273. The first-order valence-electron chi connectivity index (χ1n) is 5.07. The number of halogens is 5. The molecule has 1 N–H and O–H groups in total. The third-order valence-electron chi connectivity index (χ3n) is 2.44. The number of benzene rings is 1. The Morgan fingerprint density at radius 3 is 2.20 bits per heavy atom. The van der Waals surface area contributed by atoms with Crippen LogP contribution in [-0.2, 0) is 9.59 Å². The first-order chi connectivity index (χ1) is 9.05. The summed E-state index contributed by atoms with van der Waals surface area (Å²) in [5.74, 6) is -6.72. The maximum Gasteiger partial charge on any atom is 0.471 e. The van der Waals surface area contributed by atoms with Crippen LogP contribution in [-0.4, -0.2) is 35.1 Å². The molecular formula is C11H8F5NO3. The van der Waals surface area contributed by atoms with Gasteiger partial charge in [-0.15, -0.1) is 0 Å². The Labute approximate surface area is 109 Å². The molecule has 9 heteroatoms. The van der Waals surface area contributed by atoms with E-state index in [1.807, 2.05) is 0 Å². The fourth-order valence-electron chi connectivity index (χ4n) is 1.55. The number of alkyl halides is 3. The van der Waals surface area contributed by atoms with E-state index in [-0.39, 0.29) is 4.90 Å². The molecule has 0 aliphatic carbocycles. The van der Waals surface area contributed by atoms with Gasteiger partial charge in [0.25, 0.3) is 0 Å². The molecule has 1 aromatic rings. The first-order valence-corrected chi connectivity index (χ1v) is 5.07. The standard InChI is InChI=1S/C11H8F5NO3/c1-17(10(20)11(14,15)16)8(9(18)19)6-3-2-5(12)4-7(6)13/h2-4,8H,1H3,(H,18,19). The number of carboxylic acids is 1. The Kier molecular flexibility index (Phi) is 4.31. The van der Waals surface area contributed by atoms with Crippen molar-refractivity contribution in [2.24, 2.45) is 0 Å². The summed E-state index contributed by atoms with van der Waals surface area (Å²) in [7, 11) is 0.567. The smallest absolute Gasteiger partial charge is 0.471 e. The van der Waals surface area contributed by atoms with Crippen molar-refractivity contribution in [1.29, 1.82) is 0 Å². The largest absolute Gasteiger partial charge is 0.479 e. The van der Waals surface area contributed by atoms with E-state index >= 15 is 0 Å². The highest BCUT2D eigenvalue weighted by atomic mass is 19.4. The maximum atomic E-state index is 13.5. The molecule has 20 heavy (non-hydrogen) atoms. The lowest BCUT2D eigenvalue weighted by Gasteiger charge is -2.26. The van der Waals surface area contributed by atoms with Gasteiger partial charge in [-0.25, -0.2) is 13.6 Å². The molecule has 0 saturated carbocycles. The second-order valence-electron chi connectivity index (χ2n) is 3.82. The van der Waals surface area contributed by atoms with Crippen LogP contribution < -0.4 is 0 Å². The Bertz CT molecular complexity index is 543. The van der Waals surface area contributed by atoms with Gasteiger partial charge in [0.15, 0.2) is 6.04 Å². The highest BCUT2D eigenvalue weighted by molar-refractivity contribution is 5.87. The van der Waals surface area contributed by atoms with Crippen LogP contribution in [0.4, 0.5) is 22.0 Å². The quantitative estimate of drug-likeness (QED) is 0.869. The van der Waals surface area contributed by atoms with Gasteiger partial charge in [0, 0.05) is 18.7 Å². The third kappa shape index (κ3) is 3.22. The summed E-state index contributed by atoms with van der Waals surface area (Å²) in [6, 6.07) is -0.550. The molecule has 0 heterocycles. The van der Waals surface area contributed by atoms with Crippen molar-refractivity contribution in [2.75, 3.05) is 7.05 Å². The summed E-state index contributed by atoms with van der Waals surface area (Å²) in [6.45, 7) is 0. The molecule has 0 bridgehead atoms. The topological polar surface area (TPSA) is 57.6 Å². The highest BCUT2D eigenvalue weighted by Gasteiger charge is 2.45. The van der Waals surface area contributed by atoms with Gasteiger partial charge in [-0.1, -0.05) is 6.07 Å². The van der Waals surface area contributed by atoms with Crippen LogP contribution in [0, 0.1) is 11.6 Å². The number of likely N-dealkylation sites (N-methyl/N-ethyl adjacent to an activating group) is 1. The number of aliphatic carboxylic acids is 1. The molecule has 0 spiro atoms. The number of nitrogens with zero attached hydrogens (tertiary/aromatic N) is 1. The lowest BCUT2D eigenvalue weighted by Crippen LogP contribution is -2.43. The van der Waals surface area contributed by atoms with E-state index in [1.165, 1.54) is 0 Å². The molecule has 1 rings (SSSR count). The summed E-state index contributed by atoms with van der Waals surface area (Å²) in [5, 5.41) is 8.88. The third-order valence-corrected chi connectivity index (χ3v) is 2.44. The molecule has 1 unspecified atom stereocenters. The summed E-state index contributed by atoms with van der Waals surface area (Å²) >= 11 is 0. The monoisotopic (exact) mass is 297 g/mol. The number of amides is 1. The summed E-state index contributed by atoms with van der Waals surface area (Å²) in [4.78, 5) is 21.8. The van der Waals surface area contributed by atoms with Crippen molar-refractivity contribution < 1.29 is 36.6 Å². The molecule has 0 aliphatic heterocycles. The van der Waals surface area contributed by atoms with Crippen molar-refractivity contribution in [3.05, 3.63) is 35.4 Å². The Morgan fingerprint density at radius 1 is 1.25 bits per heavy atom. The van der Waals surface area contributed by atoms with Crippen LogP contribution >= 0.6 is 0 Å². The van der Waals surface area contributed by atoms with Gasteiger partial charge in [0.05, 0.1) is 0 Å². The van der Waals surface area contributed by atoms with Crippen LogP contribution in [0.15, 0.2) is 18.2 Å². The number of carbonyl (C=O) groups excluding carboxylic acids is 1. The van der Waals surface area contributed by atoms with Crippen molar-refractivity contribution in [3.63, 3.8) is 0 Å². The summed E-state index contributed by atoms with van der Waals surface area (Å²) in [6.07, 6.45) is -5.31. The molecule has 0 aliphatic rings. The van der Waals surface area contributed by atoms with Gasteiger partial charge in [-0.05, 0) is 6.07 Å². The van der Waals surface area contributed by atoms with Crippen LogP contribution in [0.1, 0.15) is 11.6 Å². The van der Waals surface area contributed by atoms with E-state index in [2.05, 4.69) is 0 Å². The fourth-order valence-corrected chi connectivity index (χ4v) is 1.55. The van der Waals surface area contributed by atoms with Gasteiger partial charge in [-0.2, -0.15) is 13.2 Å². The Balaban J connectivity index is 3.25. The Hall–Kier alpha value is -2.19. The van der Waals surface area contributed by atoms with Gasteiger partial charge in [0.1, 0.15) is 11.6 Å². The average Bonchev–Trinajstić information content (AvgIpc) is 2.29. The molecule has 1 atom stereocenters. The zero-order chi connectivity index (χ0) is 15.7. The molecule has 110 valence electrons. The zero-order valence-corrected chi connectivity index (χ0v) is 9.91. The van der Waals surface area contributed by atoms with Gasteiger partial charge in [-0.3, -0.25) is 4.79 Å². The van der Waals surface area contributed by atoms with Crippen LogP contribution in [0.2, 0.25) is 0 Å².